The molecule has 9 heteroatoms. The monoisotopic (exact) mass is 366 g/mol. The highest BCUT2D eigenvalue weighted by Gasteiger charge is 2.32. The van der Waals surface area contributed by atoms with Gasteiger partial charge >= 0.3 is 0 Å². The van der Waals surface area contributed by atoms with Crippen LogP contribution in [0.2, 0.25) is 0 Å². The van der Waals surface area contributed by atoms with Gasteiger partial charge in [0.2, 0.25) is 5.91 Å². The number of hydrogen-bond donors (Lipinski definition) is 1. The Bertz CT molecular complexity index is 876. The number of aryl methyl sites for hydroxylation is 1. The Balaban J connectivity index is 1.40. The molecular formula is C18H22N8O. The highest BCUT2D eigenvalue weighted by molar-refractivity contribution is 6.03. The van der Waals surface area contributed by atoms with Crippen molar-refractivity contribution in [3.8, 4) is 6.19 Å². The van der Waals surface area contributed by atoms with E-state index in [1.807, 2.05) is 25.5 Å². The van der Waals surface area contributed by atoms with Gasteiger partial charge in [0.05, 0.1) is 36.4 Å². The third kappa shape index (κ3) is 3.43. The lowest BCUT2D eigenvalue weighted by molar-refractivity contribution is -0.130. The standard InChI is InChI=1S/C18H22N8O/c1-24-9-12(7-21-24)14-5-15-16(8-20-14)23-17(22-15)6-18(27)25(2)13-3-4-26(10-13)11-19/h5,7-9,13,15-16H,3-4,6,10H2,1-2H3,(H,22,23). The number of rotatable bonds is 4. The molecule has 9 nitrogen and oxygen atoms in total. The van der Waals surface area contributed by atoms with Gasteiger partial charge in [0, 0.05) is 45.2 Å². The lowest BCUT2D eigenvalue weighted by Crippen LogP contribution is -2.42. The topological polar surface area (TPSA) is 102 Å². The minimum Gasteiger partial charge on any atom is -0.363 e. The van der Waals surface area contributed by atoms with Crippen molar-refractivity contribution < 1.29 is 4.79 Å². The number of likely N-dealkylation sites (N-methyl/N-ethyl adjacent to an activating group) is 1. The fraction of sp³-hybridized carbons (Fsp3) is 0.500. The van der Waals surface area contributed by atoms with Crippen LogP contribution in [-0.4, -0.2) is 75.8 Å². The zero-order valence-electron chi connectivity index (χ0n) is 15.4. The summed E-state index contributed by atoms with van der Waals surface area (Å²) in [5, 5.41) is 16.4. The van der Waals surface area contributed by atoms with E-state index in [0.29, 0.717) is 18.9 Å². The van der Waals surface area contributed by atoms with Crippen LogP contribution in [0, 0.1) is 11.5 Å². The second-order valence-corrected chi connectivity index (χ2v) is 7.14. The van der Waals surface area contributed by atoms with Crippen molar-refractivity contribution in [1.82, 2.24) is 24.9 Å². The summed E-state index contributed by atoms with van der Waals surface area (Å²) < 4.78 is 1.74. The van der Waals surface area contributed by atoms with Crippen molar-refractivity contribution in [3.05, 3.63) is 24.0 Å². The molecule has 4 rings (SSSR count). The van der Waals surface area contributed by atoms with E-state index in [2.05, 4.69) is 26.6 Å². The quantitative estimate of drug-likeness (QED) is 0.755. The maximum absolute atomic E-state index is 12.6. The maximum Gasteiger partial charge on any atom is 0.230 e. The summed E-state index contributed by atoms with van der Waals surface area (Å²) >= 11 is 0. The Hall–Kier alpha value is -3.15. The zero-order valence-corrected chi connectivity index (χ0v) is 15.4. The molecule has 0 saturated carbocycles. The summed E-state index contributed by atoms with van der Waals surface area (Å²) in [5.74, 6) is 0.699. The zero-order chi connectivity index (χ0) is 19.0. The van der Waals surface area contributed by atoms with Gasteiger partial charge in [0.25, 0.3) is 0 Å². The number of likely N-dealkylation sites (tertiary alicyclic amines) is 1. The summed E-state index contributed by atoms with van der Waals surface area (Å²) in [6, 6.07) is 0.00512. The van der Waals surface area contributed by atoms with Crippen LogP contribution in [-0.2, 0) is 11.8 Å². The summed E-state index contributed by atoms with van der Waals surface area (Å²) in [4.78, 5) is 25.2. The van der Waals surface area contributed by atoms with Gasteiger partial charge in [-0.3, -0.25) is 19.5 Å². The van der Waals surface area contributed by atoms with Crippen molar-refractivity contribution >= 4 is 23.7 Å². The lowest BCUT2D eigenvalue weighted by Gasteiger charge is -2.24. The van der Waals surface area contributed by atoms with Crippen LogP contribution in [0.3, 0.4) is 0 Å². The minimum atomic E-state index is -0.0635. The molecule has 4 heterocycles. The highest BCUT2D eigenvalue weighted by Crippen LogP contribution is 2.24. The molecule has 1 amide bonds. The minimum absolute atomic E-state index is 0.0121. The molecule has 3 unspecified atom stereocenters. The first kappa shape index (κ1) is 17.3. The van der Waals surface area contributed by atoms with E-state index in [-0.39, 0.29) is 30.5 Å². The first-order chi connectivity index (χ1) is 13.0. The molecule has 0 radical (unpaired) electrons. The first-order valence-electron chi connectivity index (χ1n) is 9.02. The van der Waals surface area contributed by atoms with Crippen LogP contribution in [0.4, 0.5) is 0 Å². The van der Waals surface area contributed by atoms with Gasteiger partial charge in [-0.05, 0) is 12.5 Å². The number of carbonyl (C=O) groups excluding carboxylic acids is 1. The normalized spacial score (nSPS) is 26.1. The second-order valence-electron chi connectivity index (χ2n) is 7.14. The Kier molecular flexibility index (Phi) is 4.39. The van der Waals surface area contributed by atoms with Gasteiger partial charge in [-0.25, -0.2) is 0 Å². The molecule has 0 bridgehead atoms. The maximum atomic E-state index is 12.6. The number of nitrogens with one attached hydrogen (secondary N) is 1. The average molecular weight is 366 g/mol. The van der Waals surface area contributed by atoms with Crippen molar-refractivity contribution in [1.29, 1.82) is 5.26 Å². The summed E-state index contributed by atoms with van der Waals surface area (Å²) in [7, 11) is 3.67. The molecule has 1 N–H and O–H groups in total. The number of amidine groups is 1. The Morgan fingerprint density at radius 1 is 1.52 bits per heavy atom. The molecule has 140 valence electrons. The summed E-state index contributed by atoms with van der Waals surface area (Å²) in [6.45, 7) is 1.31. The fourth-order valence-electron chi connectivity index (χ4n) is 3.65. The van der Waals surface area contributed by atoms with E-state index in [9.17, 15) is 4.79 Å². The smallest absolute Gasteiger partial charge is 0.230 e. The lowest BCUT2D eigenvalue weighted by atomic mass is 10.1. The number of hydrogen-bond acceptors (Lipinski definition) is 7. The Morgan fingerprint density at radius 2 is 2.37 bits per heavy atom. The van der Waals surface area contributed by atoms with E-state index in [4.69, 9.17) is 5.26 Å². The molecule has 3 atom stereocenters. The van der Waals surface area contributed by atoms with Gasteiger partial charge < -0.3 is 15.1 Å². The van der Waals surface area contributed by atoms with E-state index in [0.717, 1.165) is 17.7 Å². The summed E-state index contributed by atoms with van der Waals surface area (Å²) in [6.07, 6.45) is 10.8. The Morgan fingerprint density at radius 3 is 3.07 bits per heavy atom. The van der Waals surface area contributed by atoms with E-state index < -0.39 is 0 Å². The largest absolute Gasteiger partial charge is 0.363 e. The molecule has 1 aromatic rings. The van der Waals surface area contributed by atoms with Crippen LogP contribution in [0.25, 0.3) is 5.70 Å². The van der Waals surface area contributed by atoms with E-state index in [1.54, 1.807) is 27.7 Å². The fourth-order valence-corrected chi connectivity index (χ4v) is 3.65. The van der Waals surface area contributed by atoms with Crippen molar-refractivity contribution in [3.63, 3.8) is 0 Å². The van der Waals surface area contributed by atoms with Gasteiger partial charge in [-0.1, -0.05) is 0 Å². The molecular weight excluding hydrogens is 344 g/mol. The second kappa shape index (κ2) is 6.87. The molecule has 3 aliphatic rings. The van der Waals surface area contributed by atoms with Crippen LogP contribution >= 0.6 is 0 Å². The van der Waals surface area contributed by atoms with E-state index in [1.165, 1.54) is 0 Å². The van der Waals surface area contributed by atoms with E-state index >= 15 is 0 Å². The van der Waals surface area contributed by atoms with Crippen molar-refractivity contribution in [2.24, 2.45) is 17.0 Å². The molecule has 3 aliphatic heterocycles. The molecule has 0 aliphatic carbocycles. The van der Waals surface area contributed by atoms with Crippen LogP contribution in [0.5, 0.6) is 0 Å². The number of aliphatic imine (C=N–C) groups is 2. The van der Waals surface area contributed by atoms with Gasteiger partial charge in [0.15, 0.2) is 6.19 Å². The SMILES string of the molecule is CN(C(=O)CC1=NC2C=C(c3cnn(C)c3)N=CC2N1)C1CCN(C#N)C1. The molecule has 1 aromatic heterocycles. The number of carbonyl (C=O) groups is 1. The van der Waals surface area contributed by atoms with Crippen LogP contribution in [0.1, 0.15) is 18.4 Å². The molecule has 27 heavy (non-hydrogen) atoms. The summed E-state index contributed by atoms with van der Waals surface area (Å²) in [5.41, 5.74) is 1.80. The van der Waals surface area contributed by atoms with Crippen LogP contribution in [0.15, 0.2) is 28.5 Å². The van der Waals surface area contributed by atoms with Crippen LogP contribution < -0.4 is 5.32 Å². The van der Waals surface area contributed by atoms with Crippen molar-refractivity contribution in [2.45, 2.75) is 31.0 Å². The number of fused-ring (bicyclic) bond motifs is 1. The van der Waals surface area contributed by atoms with Crippen molar-refractivity contribution in [2.75, 3.05) is 20.1 Å². The highest BCUT2D eigenvalue weighted by atomic mass is 16.2. The number of nitrogens with zero attached hydrogens (tertiary/aromatic N) is 7. The Labute approximate surface area is 157 Å². The predicted molar refractivity (Wildman–Crippen MR) is 101 cm³/mol. The third-order valence-corrected chi connectivity index (χ3v) is 5.27. The predicted octanol–water partition coefficient (Wildman–Crippen LogP) is -0.0118. The first-order valence-corrected chi connectivity index (χ1v) is 9.02. The molecule has 0 spiro atoms. The average Bonchev–Trinajstić information content (AvgIpc) is 3.38. The number of nitriles is 1. The number of aromatic nitrogens is 2. The van der Waals surface area contributed by atoms with Gasteiger partial charge in [-0.2, -0.15) is 10.4 Å². The number of amides is 1. The third-order valence-electron chi connectivity index (χ3n) is 5.27. The molecule has 1 fully saturated rings. The van der Waals surface area contributed by atoms with Gasteiger partial charge in [-0.15, -0.1) is 0 Å². The molecule has 1 saturated heterocycles. The van der Waals surface area contributed by atoms with Gasteiger partial charge in [0.1, 0.15) is 5.84 Å². The molecule has 0 aromatic carbocycles.